The average molecular weight is 273 g/mol. The second-order valence-electron chi connectivity index (χ2n) is 5.08. The lowest BCUT2D eigenvalue weighted by molar-refractivity contribution is 0.0770. The van der Waals surface area contributed by atoms with E-state index in [9.17, 15) is 0 Å². The first-order chi connectivity index (χ1) is 9.75. The Kier molecular flexibility index (Phi) is 5.84. The lowest BCUT2D eigenvalue weighted by atomic mass is 10.2. The first-order valence-corrected chi connectivity index (χ1v) is 7.22. The van der Waals surface area contributed by atoms with Crippen LogP contribution in [0.5, 0.6) is 0 Å². The van der Waals surface area contributed by atoms with Gasteiger partial charge in [-0.3, -0.25) is 0 Å². The van der Waals surface area contributed by atoms with Gasteiger partial charge in [0.25, 0.3) is 0 Å². The third-order valence-corrected chi connectivity index (χ3v) is 2.97. The molecule has 1 N–H and O–H groups in total. The van der Waals surface area contributed by atoms with E-state index in [1.165, 1.54) is 0 Å². The summed E-state index contributed by atoms with van der Waals surface area (Å²) < 4.78 is 11.3. The molecule has 0 fully saturated rings. The molecule has 20 heavy (non-hydrogen) atoms. The van der Waals surface area contributed by atoms with Crippen molar-refractivity contribution >= 4 is 0 Å². The number of hydrogen-bond donors (Lipinski definition) is 1. The first kappa shape index (κ1) is 14.8. The van der Waals surface area contributed by atoms with Gasteiger partial charge >= 0.3 is 0 Å². The normalized spacial score (nSPS) is 11.2. The monoisotopic (exact) mass is 273 g/mol. The number of rotatable bonds is 8. The summed E-state index contributed by atoms with van der Waals surface area (Å²) in [5.74, 6) is 1.89. The van der Waals surface area contributed by atoms with Crippen molar-refractivity contribution in [3.63, 3.8) is 0 Å². The number of benzene rings is 1. The quantitative estimate of drug-likeness (QED) is 0.742. The van der Waals surface area contributed by atoms with Crippen molar-refractivity contribution in [3.8, 4) is 11.3 Å². The van der Waals surface area contributed by atoms with Crippen molar-refractivity contribution in [2.45, 2.75) is 32.9 Å². The summed E-state index contributed by atoms with van der Waals surface area (Å²) in [6, 6.07) is 14.2. The zero-order chi connectivity index (χ0) is 14.2. The Bertz CT molecular complexity index is 491. The Morgan fingerprint density at radius 2 is 1.90 bits per heavy atom. The molecule has 2 aromatic rings. The van der Waals surface area contributed by atoms with Crippen LogP contribution < -0.4 is 5.32 Å². The van der Waals surface area contributed by atoms with Gasteiger partial charge in [-0.15, -0.1) is 0 Å². The molecule has 0 radical (unpaired) electrons. The Labute approximate surface area is 121 Å². The van der Waals surface area contributed by atoms with Gasteiger partial charge in [-0.2, -0.15) is 0 Å². The third-order valence-electron chi connectivity index (χ3n) is 2.97. The van der Waals surface area contributed by atoms with Gasteiger partial charge in [0.2, 0.25) is 0 Å². The van der Waals surface area contributed by atoms with Crippen molar-refractivity contribution in [1.82, 2.24) is 5.32 Å². The van der Waals surface area contributed by atoms with E-state index in [2.05, 4.69) is 31.3 Å². The fourth-order valence-electron chi connectivity index (χ4n) is 1.96. The molecule has 1 heterocycles. The standard InChI is InChI=1S/C17H23NO2/c1-14(2)19-12-6-11-18-13-16-9-10-17(20-16)15-7-4-3-5-8-15/h3-5,7-10,14,18H,6,11-13H2,1-2H3. The van der Waals surface area contributed by atoms with Gasteiger partial charge in [0.1, 0.15) is 11.5 Å². The van der Waals surface area contributed by atoms with Crippen LogP contribution in [-0.4, -0.2) is 19.3 Å². The molecule has 0 spiro atoms. The molecule has 0 bridgehead atoms. The van der Waals surface area contributed by atoms with Gasteiger partial charge in [0.05, 0.1) is 12.6 Å². The Morgan fingerprint density at radius 3 is 2.65 bits per heavy atom. The molecule has 0 aliphatic heterocycles. The van der Waals surface area contributed by atoms with Gasteiger partial charge in [-0.1, -0.05) is 30.3 Å². The second-order valence-corrected chi connectivity index (χ2v) is 5.08. The molecule has 0 atom stereocenters. The van der Waals surface area contributed by atoms with Crippen LogP contribution in [0.1, 0.15) is 26.0 Å². The van der Waals surface area contributed by atoms with Crippen molar-refractivity contribution in [3.05, 3.63) is 48.2 Å². The van der Waals surface area contributed by atoms with Crippen molar-refractivity contribution < 1.29 is 9.15 Å². The van der Waals surface area contributed by atoms with E-state index in [1.807, 2.05) is 30.3 Å². The maximum absolute atomic E-state index is 5.82. The SMILES string of the molecule is CC(C)OCCCNCc1ccc(-c2ccccc2)o1. The molecule has 0 saturated heterocycles. The fourth-order valence-corrected chi connectivity index (χ4v) is 1.96. The minimum absolute atomic E-state index is 0.313. The highest BCUT2D eigenvalue weighted by Gasteiger charge is 2.03. The number of furan rings is 1. The third kappa shape index (κ3) is 4.83. The zero-order valence-electron chi connectivity index (χ0n) is 12.3. The van der Waals surface area contributed by atoms with Crippen LogP contribution in [0.2, 0.25) is 0 Å². The molecule has 3 nitrogen and oxygen atoms in total. The molecular weight excluding hydrogens is 250 g/mol. The van der Waals surface area contributed by atoms with Crippen molar-refractivity contribution in [2.24, 2.45) is 0 Å². The van der Waals surface area contributed by atoms with Crippen molar-refractivity contribution in [1.29, 1.82) is 0 Å². The highest BCUT2D eigenvalue weighted by Crippen LogP contribution is 2.21. The van der Waals surface area contributed by atoms with Gasteiger partial charge in [-0.25, -0.2) is 0 Å². The molecule has 3 heteroatoms. The van der Waals surface area contributed by atoms with E-state index in [-0.39, 0.29) is 0 Å². The van der Waals surface area contributed by atoms with Crippen LogP contribution in [0.15, 0.2) is 46.9 Å². The van der Waals surface area contributed by atoms with E-state index < -0.39 is 0 Å². The van der Waals surface area contributed by atoms with E-state index >= 15 is 0 Å². The smallest absolute Gasteiger partial charge is 0.134 e. The average Bonchev–Trinajstić information content (AvgIpc) is 2.92. The summed E-state index contributed by atoms with van der Waals surface area (Å²) >= 11 is 0. The van der Waals surface area contributed by atoms with E-state index in [1.54, 1.807) is 0 Å². The summed E-state index contributed by atoms with van der Waals surface area (Å²) in [4.78, 5) is 0. The topological polar surface area (TPSA) is 34.4 Å². The minimum Gasteiger partial charge on any atom is -0.460 e. The molecular formula is C17H23NO2. The molecule has 0 aliphatic rings. The number of nitrogens with one attached hydrogen (secondary N) is 1. The second kappa shape index (κ2) is 7.88. The molecule has 0 amide bonds. The fraction of sp³-hybridized carbons (Fsp3) is 0.412. The maximum Gasteiger partial charge on any atom is 0.134 e. The van der Waals surface area contributed by atoms with Crippen LogP contribution in [0.3, 0.4) is 0 Å². The van der Waals surface area contributed by atoms with Crippen LogP contribution >= 0.6 is 0 Å². The molecule has 0 saturated carbocycles. The molecule has 2 rings (SSSR count). The van der Waals surface area contributed by atoms with Gasteiger partial charge < -0.3 is 14.5 Å². The molecule has 108 valence electrons. The van der Waals surface area contributed by atoms with E-state index in [0.29, 0.717) is 6.10 Å². The molecule has 1 aromatic carbocycles. The zero-order valence-corrected chi connectivity index (χ0v) is 12.3. The van der Waals surface area contributed by atoms with Crippen LogP contribution in [0.25, 0.3) is 11.3 Å². The van der Waals surface area contributed by atoms with E-state index in [4.69, 9.17) is 9.15 Å². The van der Waals surface area contributed by atoms with Gasteiger partial charge in [-0.05, 0) is 38.9 Å². The first-order valence-electron chi connectivity index (χ1n) is 7.22. The van der Waals surface area contributed by atoms with Crippen molar-refractivity contribution in [2.75, 3.05) is 13.2 Å². The summed E-state index contributed by atoms with van der Waals surface area (Å²) in [6.45, 7) is 6.61. The predicted molar refractivity (Wildman–Crippen MR) is 81.6 cm³/mol. The summed E-state index contributed by atoms with van der Waals surface area (Å²) in [6.07, 6.45) is 1.33. The minimum atomic E-state index is 0.313. The maximum atomic E-state index is 5.82. The molecule has 0 aliphatic carbocycles. The Morgan fingerprint density at radius 1 is 1.10 bits per heavy atom. The molecule has 1 aromatic heterocycles. The highest BCUT2D eigenvalue weighted by molar-refractivity contribution is 5.57. The van der Waals surface area contributed by atoms with Crippen LogP contribution in [-0.2, 0) is 11.3 Å². The Balaban J connectivity index is 1.71. The van der Waals surface area contributed by atoms with Gasteiger partial charge in [0.15, 0.2) is 0 Å². The summed E-state index contributed by atoms with van der Waals surface area (Å²) in [5.41, 5.74) is 1.11. The highest BCUT2D eigenvalue weighted by atomic mass is 16.5. The summed E-state index contributed by atoms with van der Waals surface area (Å²) in [7, 11) is 0. The largest absolute Gasteiger partial charge is 0.460 e. The number of hydrogen-bond acceptors (Lipinski definition) is 3. The van der Waals surface area contributed by atoms with Crippen LogP contribution in [0.4, 0.5) is 0 Å². The van der Waals surface area contributed by atoms with Crippen LogP contribution in [0, 0.1) is 0 Å². The lowest BCUT2D eigenvalue weighted by Crippen LogP contribution is -2.17. The van der Waals surface area contributed by atoms with Gasteiger partial charge in [0, 0.05) is 12.2 Å². The van der Waals surface area contributed by atoms with E-state index in [0.717, 1.165) is 43.2 Å². The Hall–Kier alpha value is -1.58. The molecule has 0 unspecified atom stereocenters. The number of ether oxygens (including phenoxy) is 1. The summed E-state index contributed by atoms with van der Waals surface area (Å²) in [5, 5.41) is 3.37. The predicted octanol–water partition coefficient (Wildman–Crippen LogP) is 3.85. The lowest BCUT2D eigenvalue weighted by Gasteiger charge is -2.07.